The standard InChI is InChI=1S/C16H19FN2OS.ClH/c1-20-15-10-12(2-3-14(15)17)16(13-4-9-21-11-13)19-7-5-18-6-8-19;/h2-4,9-11,16,18H,5-8H2,1H3;1H/t16-;/m0./s1. The van der Waals surface area contributed by atoms with Crippen molar-refractivity contribution >= 4 is 23.7 Å². The highest BCUT2D eigenvalue weighted by molar-refractivity contribution is 7.08. The maximum absolute atomic E-state index is 13.7. The van der Waals surface area contributed by atoms with E-state index in [9.17, 15) is 4.39 Å². The number of hydrogen-bond acceptors (Lipinski definition) is 4. The Balaban J connectivity index is 0.00000176. The van der Waals surface area contributed by atoms with Crippen molar-refractivity contribution in [3.05, 3.63) is 52.0 Å². The van der Waals surface area contributed by atoms with Crippen LogP contribution in [0.5, 0.6) is 5.75 Å². The lowest BCUT2D eigenvalue weighted by molar-refractivity contribution is 0.198. The van der Waals surface area contributed by atoms with Crippen LogP contribution in [0.15, 0.2) is 35.0 Å². The van der Waals surface area contributed by atoms with Crippen LogP contribution in [0, 0.1) is 5.82 Å². The molecule has 1 saturated heterocycles. The Bertz CT molecular complexity index is 588. The Kier molecular flexibility index (Phi) is 6.20. The number of benzene rings is 1. The molecular weight excluding hydrogens is 323 g/mol. The number of thiophene rings is 1. The van der Waals surface area contributed by atoms with E-state index in [-0.39, 0.29) is 24.3 Å². The maximum atomic E-state index is 13.7. The van der Waals surface area contributed by atoms with E-state index in [2.05, 4.69) is 27.0 Å². The molecule has 2 heterocycles. The molecule has 1 atom stereocenters. The van der Waals surface area contributed by atoms with Crippen LogP contribution in [0.2, 0.25) is 0 Å². The van der Waals surface area contributed by atoms with Gasteiger partial charge in [-0.15, -0.1) is 12.4 Å². The highest BCUT2D eigenvalue weighted by atomic mass is 35.5. The molecule has 1 aromatic carbocycles. The van der Waals surface area contributed by atoms with Crippen molar-refractivity contribution in [1.29, 1.82) is 0 Å². The molecule has 1 fully saturated rings. The molecule has 2 aromatic rings. The summed E-state index contributed by atoms with van der Waals surface area (Å²) < 4.78 is 18.8. The summed E-state index contributed by atoms with van der Waals surface area (Å²) in [7, 11) is 1.51. The predicted octanol–water partition coefficient (Wildman–Crippen LogP) is 3.31. The molecule has 0 saturated carbocycles. The normalized spacial score (nSPS) is 16.8. The first-order valence-corrected chi connectivity index (χ1v) is 8.04. The van der Waals surface area contributed by atoms with Gasteiger partial charge in [-0.05, 0) is 40.1 Å². The van der Waals surface area contributed by atoms with Crippen molar-refractivity contribution in [3.8, 4) is 5.75 Å². The molecule has 22 heavy (non-hydrogen) atoms. The summed E-state index contributed by atoms with van der Waals surface area (Å²) >= 11 is 1.69. The van der Waals surface area contributed by atoms with Crippen molar-refractivity contribution in [3.63, 3.8) is 0 Å². The second kappa shape index (κ2) is 7.92. The van der Waals surface area contributed by atoms with Gasteiger partial charge in [-0.25, -0.2) is 4.39 Å². The second-order valence-corrected chi connectivity index (χ2v) is 5.92. The molecule has 1 aromatic heterocycles. The fourth-order valence-corrected chi connectivity index (χ4v) is 3.51. The van der Waals surface area contributed by atoms with Crippen molar-refractivity contribution in [2.45, 2.75) is 6.04 Å². The summed E-state index contributed by atoms with van der Waals surface area (Å²) in [4.78, 5) is 2.44. The summed E-state index contributed by atoms with van der Waals surface area (Å²) in [6.45, 7) is 3.94. The Morgan fingerprint density at radius 1 is 1.23 bits per heavy atom. The zero-order chi connectivity index (χ0) is 14.7. The van der Waals surface area contributed by atoms with Crippen LogP contribution < -0.4 is 10.1 Å². The van der Waals surface area contributed by atoms with Crippen molar-refractivity contribution < 1.29 is 9.13 Å². The first-order valence-electron chi connectivity index (χ1n) is 7.10. The minimum absolute atomic E-state index is 0. The van der Waals surface area contributed by atoms with E-state index in [0.29, 0.717) is 5.75 Å². The molecule has 0 radical (unpaired) electrons. The van der Waals surface area contributed by atoms with E-state index in [1.807, 2.05) is 12.1 Å². The molecule has 3 rings (SSSR count). The van der Waals surface area contributed by atoms with Gasteiger partial charge in [0.25, 0.3) is 0 Å². The molecule has 6 heteroatoms. The first kappa shape index (κ1) is 17.2. The van der Waals surface area contributed by atoms with Gasteiger partial charge in [0, 0.05) is 26.2 Å². The second-order valence-electron chi connectivity index (χ2n) is 5.14. The van der Waals surface area contributed by atoms with E-state index in [0.717, 1.165) is 31.7 Å². The fourth-order valence-electron chi connectivity index (χ4n) is 2.83. The van der Waals surface area contributed by atoms with Gasteiger partial charge in [0.2, 0.25) is 0 Å². The molecule has 0 aliphatic carbocycles. The van der Waals surface area contributed by atoms with Crippen LogP contribution in [-0.2, 0) is 0 Å². The minimum atomic E-state index is -0.314. The average molecular weight is 343 g/mol. The first-order chi connectivity index (χ1) is 10.3. The number of hydrogen-bond donors (Lipinski definition) is 1. The zero-order valence-electron chi connectivity index (χ0n) is 12.4. The third-order valence-corrected chi connectivity index (χ3v) is 4.57. The molecule has 0 unspecified atom stereocenters. The van der Waals surface area contributed by atoms with Gasteiger partial charge in [0.05, 0.1) is 13.2 Å². The van der Waals surface area contributed by atoms with Crippen molar-refractivity contribution in [2.75, 3.05) is 33.3 Å². The lowest BCUT2D eigenvalue weighted by Gasteiger charge is -2.35. The zero-order valence-corrected chi connectivity index (χ0v) is 14.1. The lowest BCUT2D eigenvalue weighted by atomic mass is 9.98. The summed E-state index contributed by atoms with van der Waals surface area (Å²) in [5, 5.41) is 7.63. The van der Waals surface area contributed by atoms with Gasteiger partial charge in [-0.2, -0.15) is 11.3 Å². The summed E-state index contributed by atoms with van der Waals surface area (Å²) in [5.41, 5.74) is 2.34. The molecule has 0 bridgehead atoms. The average Bonchev–Trinajstić information content (AvgIpc) is 3.04. The molecule has 3 nitrogen and oxygen atoms in total. The largest absolute Gasteiger partial charge is 0.494 e. The molecular formula is C16H20ClFN2OS. The Morgan fingerprint density at radius 3 is 2.64 bits per heavy atom. The quantitative estimate of drug-likeness (QED) is 0.922. The Morgan fingerprint density at radius 2 is 2.00 bits per heavy atom. The van der Waals surface area contributed by atoms with Crippen LogP contribution in [0.1, 0.15) is 17.2 Å². The number of halogens is 2. The van der Waals surface area contributed by atoms with E-state index < -0.39 is 0 Å². The van der Waals surface area contributed by atoms with E-state index in [1.165, 1.54) is 18.7 Å². The summed E-state index contributed by atoms with van der Waals surface area (Å²) in [6.07, 6.45) is 0. The molecule has 120 valence electrons. The van der Waals surface area contributed by atoms with Crippen LogP contribution in [-0.4, -0.2) is 38.2 Å². The van der Waals surface area contributed by atoms with Crippen LogP contribution in [0.3, 0.4) is 0 Å². The van der Waals surface area contributed by atoms with E-state index in [1.54, 1.807) is 11.3 Å². The van der Waals surface area contributed by atoms with Gasteiger partial charge in [-0.3, -0.25) is 4.90 Å². The monoisotopic (exact) mass is 342 g/mol. The lowest BCUT2D eigenvalue weighted by Crippen LogP contribution is -2.45. The van der Waals surface area contributed by atoms with Gasteiger partial charge < -0.3 is 10.1 Å². The highest BCUT2D eigenvalue weighted by Crippen LogP contribution is 2.33. The van der Waals surface area contributed by atoms with E-state index in [4.69, 9.17) is 4.74 Å². The number of methoxy groups -OCH3 is 1. The van der Waals surface area contributed by atoms with Gasteiger partial charge in [0.15, 0.2) is 11.6 Å². The van der Waals surface area contributed by atoms with Gasteiger partial charge >= 0.3 is 0 Å². The number of nitrogens with one attached hydrogen (secondary N) is 1. The van der Waals surface area contributed by atoms with E-state index >= 15 is 0 Å². The summed E-state index contributed by atoms with van der Waals surface area (Å²) in [6, 6.07) is 7.48. The van der Waals surface area contributed by atoms with Crippen LogP contribution >= 0.6 is 23.7 Å². The predicted molar refractivity (Wildman–Crippen MR) is 90.8 cm³/mol. The number of rotatable bonds is 4. The highest BCUT2D eigenvalue weighted by Gasteiger charge is 2.25. The van der Waals surface area contributed by atoms with Crippen LogP contribution in [0.4, 0.5) is 4.39 Å². The van der Waals surface area contributed by atoms with Crippen LogP contribution in [0.25, 0.3) is 0 Å². The Hall–Kier alpha value is -1.14. The number of piperazine rings is 1. The Labute approximate surface area is 140 Å². The molecule has 1 aliphatic rings. The summed E-state index contributed by atoms with van der Waals surface area (Å²) in [5.74, 6) is -0.00602. The maximum Gasteiger partial charge on any atom is 0.165 e. The van der Waals surface area contributed by atoms with Gasteiger partial charge in [-0.1, -0.05) is 6.07 Å². The SMILES string of the molecule is COc1cc([C@@H](c2ccsc2)N2CCNCC2)ccc1F.Cl. The molecule has 0 amide bonds. The van der Waals surface area contributed by atoms with Crippen molar-refractivity contribution in [2.24, 2.45) is 0 Å². The third-order valence-electron chi connectivity index (χ3n) is 3.87. The molecule has 1 aliphatic heterocycles. The number of ether oxygens (including phenoxy) is 1. The topological polar surface area (TPSA) is 24.5 Å². The molecule has 1 N–H and O–H groups in total. The molecule has 0 spiro atoms. The van der Waals surface area contributed by atoms with Crippen molar-refractivity contribution in [1.82, 2.24) is 10.2 Å². The van der Waals surface area contributed by atoms with Gasteiger partial charge in [0.1, 0.15) is 0 Å². The fraction of sp³-hybridized carbons (Fsp3) is 0.375. The smallest absolute Gasteiger partial charge is 0.165 e. The number of nitrogens with zero attached hydrogens (tertiary/aromatic N) is 1. The minimum Gasteiger partial charge on any atom is -0.494 e. The third kappa shape index (κ3) is 3.60.